The maximum atomic E-state index is 12.1. The van der Waals surface area contributed by atoms with E-state index in [-0.39, 0.29) is 5.91 Å². The first-order chi connectivity index (χ1) is 8.78. The van der Waals surface area contributed by atoms with Gasteiger partial charge in [0.2, 0.25) is 5.91 Å². The highest BCUT2D eigenvalue weighted by atomic mass is 16.4. The molecule has 0 saturated heterocycles. The fraction of sp³-hybridized carbons (Fsp3) is 0.467. The largest absolute Gasteiger partial charge is 0.480 e. The average molecular weight is 263 g/mol. The van der Waals surface area contributed by atoms with Gasteiger partial charge in [-0.3, -0.25) is 9.59 Å². The van der Waals surface area contributed by atoms with Crippen LogP contribution in [0, 0.1) is 5.41 Å². The van der Waals surface area contributed by atoms with Crippen LogP contribution < -0.4 is 0 Å². The SMILES string of the molecule is CCc1ccc(CN(C)C(=O)C(C)(C)C(=O)O)cc1. The van der Waals surface area contributed by atoms with Crippen molar-refractivity contribution in [1.82, 2.24) is 4.90 Å². The summed E-state index contributed by atoms with van der Waals surface area (Å²) in [6.45, 7) is 5.35. The van der Waals surface area contributed by atoms with Crippen LogP contribution in [-0.2, 0) is 22.6 Å². The number of carbonyl (C=O) groups excluding carboxylic acids is 1. The monoisotopic (exact) mass is 263 g/mol. The predicted molar refractivity (Wildman–Crippen MR) is 73.7 cm³/mol. The van der Waals surface area contributed by atoms with Gasteiger partial charge in [0.05, 0.1) is 0 Å². The van der Waals surface area contributed by atoms with E-state index < -0.39 is 11.4 Å². The van der Waals surface area contributed by atoms with Crippen molar-refractivity contribution in [3.63, 3.8) is 0 Å². The standard InChI is InChI=1S/C15H21NO3/c1-5-11-6-8-12(9-7-11)10-16(4)13(17)15(2,3)14(18)19/h6-9H,5,10H2,1-4H3,(H,18,19). The number of nitrogens with zero attached hydrogens (tertiary/aromatic N) is 1. The third-order valence-corrected chi connectivity index (χ3v) is 3.27. The molecular formula is C15H21NO3. The third kappa shape index (κ3) is 3.56. The van der Waals surface area contributed by atoms with Crippen LogP contribution in [0.25, 0.3) is 0 Å². The molecule has 1 amide bonds. The quantitative estimate of drug-likeness (QED) is 0.829. The molecule has 19 heavy (non-hydrogen) atoms. The summed E-state index contributed by atoms with van der Waals surface area (Å²) in [5.41, 5.74) is 0.843. The van der Waals surface area contributed by atoms with Crippen LogP contribution in [0.4, 0.5) is 0 Å². The molecule has 0 aromatic heterocycles. The van der Waals surface area contributed by atoms with E-state index >= 15 is 0 Å². The first-order valence-corrected chi connectivity index (χ1v) is 6.35. The Balaban J connectivity index is 2.76. The van der Waals surface area contributed by atoms with Crippen molar-refractivity contribution in [3.05, 3.63) is 35.4 Å². The Bertz CT molecular complexity index is 463. The molecule has 0 atom stereocenters. The lowest BCUT2D eigenvalue weighted by Gasteiger charge is -2.26. The maximum Gasteiger partial charge on any atom is 0.318 e. The van der Waals surface area contributed by atoms with E-state index in [1.54, 1.807) is 7.05 Å². The maximum absolute atomic E-state index is 12.1. The molecule has 0 spiro atoms. The molecule has 0 aliphatic carbocycles. The zero-order valence-corrected chi connectivity index (χ0v) is 11.9. The molecule has 1 N–H and O–H groups in total. The van der Waals surface area contributed by atoms with Crippen molar-refractivity contribution >= 4 is 11.9 Å². The highest BCUT2D eigenvalue weighted by Gasteiger charge is 2.38. The van der Waals surface area contributed by atoms with Gasteiger partial charge < -0.3 is 10.0 Å². The first-order valence-electron chi connectivity index (χ1n) is 6.35. The Kier molecular flexibility index (Phi) is 4.70. The third-order valence-electron chi connectivity index (χ3n) is 3.27. The van der Waals surface area contributed by atoms with Crippen molar-refractivity contribution in [2.75, 3.05) is 7.05 Å². The van der Waals surface area contributed by atoms with Crippen LogP contribution in [0.1, 0.15) is 31.9 Å². The minimum atomic E-state index is -1.39. The van der Waals surface area contributed by atoms with Gasteiger partial charge in [-0.1, -0.05) is 31.2 Å². The highest BCUT2D eigenvalue weighted by Crippen LogP contribution is 2.20. The summed E-state index contributed by atoms with van der Waals surface area (Å²) in [5.74, 6) is -1.50. The fourth-order valence-corrected chi connectivity index (χ4v) is 1.79. The van der Waals surface area contributed by atoms with E-state index in [9.17, 15) is 9.59 Å². The van der Waals surface area contributed by atoms with Crippen LogP contribution >= 0.6 is 0 Å². The molecule has 4 heteroatoms. The Morgan fingerprint density at radius 2 is 1.63 bits per heavy atom. The molecule has 0 aliphatic rings. The Morgan fingerprint density at radius 3 is 2.05 bits per heavy atom. The van der Waals surface area contributed by atoms with Crippen LogP contribution in [0.15, 0.2) is 24.3 Å². The van der Waals surface area contributed by atoms with Crippen molar-refractivity contribution in [2.24, 2.45) is 5.41 Å². The minimum Gasteiger partial charge on any atom is -0.480 e. The van der Waals surface area contributed by atoms with Gasteiger partial charge in [-0.2, -0.15) is 0 Å². The van der Waals surface area contributed by atoms with Gasteiger partial charge in [-0.05, 0) is 31.4 Å². The molecular weight excluding hydrogens is 242 g/mol. The van der Waals surface area contributed by atoms with Crippen molar-refractivity contribution in [3.8, 4) is 0 Å². The van der Waals surface area contributed by atoms with E-state index in [0.29, 0.717) is 6.54 Å². The topological polar surface area (TPSA) is 57.6 Å². The summed E-state index contributed by atoms with van der Waals surface area (Å²) in [7, 11) is 1.63. The van der Waals surface area contributed by atoms with Gasteiger partial charge in [0, 0.05) is 13.6 Å². The number of carbonyl (C=O) groups is 2. The Hall–Kier alpha value is -1.84. The molecule has 1 rings (SSSR count). The smallest absolute Gasteiger partial charge is 0.318 e. The van der Waals surface area contributed by atoms with Gasteiger partial charge in [0.1, 0.15) is 5.41 Å². The van der Waals surface area contributed by atoms with Crippen LogP contribution in [0.2, 0.25) is 0 Å². The number of rotatable bonds is 5. The second kappa shape index (κ2) is 5.87. The van der Waals surface area contributed by atoms with E-state index in [1.807, 2.05) is 24.3 Å². The summed E-state index contributed by atoms with van der Waals surface area (Å²) in [6.07, 6.45) is 0.973. The summed E-state index contributed by atoms with van der Waals surface area (Å²) in [6, 6.07) is 7.98. The molecule has 104 valence electrons. The number of aliphatic carboxylic acids is 1. The zero-order chi connectivity index (χ0) is 14.6. The zero-order valence-electron chi connectivity index (χ0n) is 11.9. The second-order valence-electron chi connectivity index (χ2n) is 5.26. The number of carboxylic acids is 1. The first kappa shape index (κ1) is 15.2. The molecule has 4 nitrogen and oxygen atoms in total. The summed E-state index contributed by atoms with van der Waals surface area (Å²) >= 11 is 0. The minimum absolute atomic E-state index is 0.389. The lowest BCUT2D eigenvalue weighted by Crippen LogP contribution is -2.43. The Morgan fingerprint density at radius 1 is 1.16 bits per heavy atom. The van der Waals surface area contributed by atoms with Crippen molar-refractivity contribution in [1.29, 1.82) is 0 Å². The van der Waals surface area contributed by atoms with Crippen molar-refractivity contribution in [2.45, 2.75) is 33.7 Å². The summed E-state index contributed by atoms with van der Waals surface area (Å²) < 4.78 is 0. The normalized spacial score (nSPS) is 11.2. The van der Waals surface area contributed by atoms with Crippen LogP contribution in [0.5, 0.6) is 0 Å². The van der Waals surface area contributed by atoms with Gasteiger partial charge >= 0.3 is 5.97 Å². The van der Waals surface area contributed by atoms with Gasteiger partial charge in [0.25, 0.3) is 0 Å². The van der Waals surface area contributed by atoms with Crippen LogP contribution in [-0.4, -0.2) is 28.9 Å². The lowest BCUT2D eigenvalue weighted by molar-refractivity contribution is -0.157. The number of carboxylic acid groups (broad SMARTS) is 1. The summed E-state index contributed by atoms with van der Waals surface area (Å²) in [5, 5.41) is 9.05. The van der Waals surface area contributed by atoms with Gasteiger partial charge in [0.15, 0.2) is 0 Å². The van der Waals surface area contributed by atoms with Gasteiger partial charge in [-0.15, -0.1) is 0 Å². The fourth-order valence-electron chi connectivity index (χ4n) is 1.79. The van der Waals surface area contributed by atoms with E-state index in [0.717, 1.165) is 12.0 Å². The van der Waals surface area contributed by atoms with Crippen molar-refractivity contribution < 1.29 is 14.7 Å². The van der Waals surface area contributed by atoms with E-state index in [1.165, 1.54) is 24.3 Å². The number of hydrogen-bond donors (Lipinski definition) is 1. The van der Waals surface area contributed by atoms with Crippen LogP contribution in [0.3, 0.4) is 0 Å². The number of aryl methyl sites for hydroxylation is 1. The predicted octanol–water partition coefficient (Wildman–Crippen LogP) is 2.32. The number of hydrogen-bond acceptors (Lipinski definition) is 2. The Labute approximate surface area is 114 Å². The van der Waals surface area contributed by atoms with E-state index in [4.69, 9.17) is 5.11 Å². The molecule has 1 aromatic rings. The van der Waals surface area contributed by atoms with E-state index in [2.05, 4.69) is 6.92 Å². The lowest BCUT2D eigenvalue weighted by atomic mass is 9.92. The number of amides is 1. The van der Waals surface area contributed by atoms with Gasteiger partial charge in [-0.25, -0.2) is 0 Å². The molecule has 0 radical (unpaired) electrons. The molecule has 0 bridgehead atoms. The highest BCUT2D eigenvalue weighted by molar-refractivity contribution is 6.00. The molecule has 0 unspecified atom stereocenters. The number of benzene rings is 1. The second-order valence-corrected chi connectivity index (χ2v) is 5.26. The average Bonchev–Trinajstić information content (AvgIpc) is 2.38. The molecule has 0 heterocycles. The molecule has 0 aliphatic heterocycles. The molecule has 0 saturated carbocycles. The summed E-state index contributed by atoms with van der Waals surface area (Å²) in [4.78, 5) is 24.6. The molecule has 1 aromatic carbocycles. The molecule has 0 fully saturated rings.